The Morgan fingerprint density at radius 3 is 2.32 bits per heavy atom. The Bertz CT molecular complexity index is 280. The summed E-state index contributed by atoms with van der Waals surface area (Å²) in [5.41, 5.74) is 0. The summed E-state index contributed by atoms with van der Waals surface area (Å²) in [4.78, 5) is 25.3. The molecule has 0 aromatic rings. The van der Waals surface area contributed by atoms with Gasteiger partial charge in [0.2, 0.25) is 5.91 Å². The van der Waals surface area contributed by atoms with Crippen molar-refractivity contribution >= 4 is 11.7 Å². The van der Waals surface area contributed by atoms with Crippen molar-refractivity contribution in [1.82, 2.24) is 10.2 Å². The molecule has 0 fully saturated rings. The number of hydrogen-bond donors (Lipinski definition) is 2. The average molecular weight is 272 g/mol. The van der Waals surface area contributed by atoms with Crippen LogP contribution in [0.2, 0.25) is 0 Å². The summed E-state index contributed by atoms with van der Waals surface area (Å²) in [5, 5.41) is 11.7. The molecule has 5 nitrogen and oxygen atoms in total. The summed E-state index contributed by atoms with van der Waals surface area (Å²) in [6.07, 6.45) is 2.04. The van der Waals surface area contributed by atoms with Gasteiger partial charge in [0.25, 0.3) is 0 Å². The van der Waals surface area contributed by atoms with Crippen LogP contribution < -0.4 is 5.32 Å². The highest BCUT2D eigenvalue weighted by Crippen LogP contribution is 2.03. The maximum absolute atomic E-state index is 11.9. The summed E-state index contributed by atoms with van der Waals surface area (Å²) in [6, 6.07) is -0.422. The van der Waals surface area contributed by atoms with Gasteiger partial charge in [-0.1, -0.05) is 27.2 Å². The number of amides is 1. The lowest BCUT2D eigenvalue weighted by molar-refractivity contribution is -0.128. The van der Waals surface area contributed by atoms with Crippen LogP contribution in [0.1, 0.15) is 40.5 Å². The molecule has 0 radical (unpaired) electrons. The Labute approximate surface area is 116 Å². The van der Waals surface area contributed by atoms with E-state index >= 15 is 0 Å². The standard InChI is InChI=1S/C14H28N2O3/c1-5-6-7-16(8-9-17)10-13(19)15-14(11(2)3)12(4)18/h11,14,17H,5-10H2,1-4H3,(H,15,19). The van der Waals surface area contributed by atoms with Crippen molar-refractivity contribution in [3.8, 4) is 0 Å². The number of carbonyl (C=O) groups is 2. The van der Waals surface area contributed by atoms with Gasteiger partial charge in [0.15, 0.2) is 5.78 Å². The molecule has 0 saturated heterocycles. The SMILES string of the molecule is CCCCN(CCO)CC(=O)NC(C(C)=O)C(C)C. The fourth-order valence-electron chi connectivity index (χ4n) is 1.95. The van der Waals surface area contributed by atoms with Gasteiger partial charge in [-0.25, -0.2) is 0 Å². The number of aliphatic hydroxyl groups excluding tert-OH is 1. The molecule has 0 bridgehead atoms. The maximum atomic E-state index is 11.9. The van der Waals surface area contributed by atoms with Gasteiger partial charge in [-0.2, -0.15) is 0 Å². The van der Waals surface area contributed by atoms with Crippen LogP contribution in [-0.4, -0.2) is 54.0 Å². The first-order valence-electron chi connectivity index (χ1n) is 7.05. The molecule has 0 aliphatic carbocycles. The zero-order valence-corrected chi connectivity index (χ0v) is 12.6. The lowest BCUT2D eigenvalue weighted by Crippen LogP contribution is -2.47. The van der Waals surface area contributed by atoms with Gasteiger partial charge in [0.1, 0.15) is 0 Å². The number of nitrogens with one attached hydrogen (secondary N) is 1. The van der Waals surface area contributed by atoms with Crippen LogP contribution in [0.3, 0.4) is 0 Å². The van der Waals surface area contributed by atoms with Crippen molar-refractivity contribution in [1.29, 1.82) is 0 Å². The van der Waals surface area contributed by atoms with Gasteiger partial charge in [0.05, 0.1) is 19.2 Å². The van der Waals surface area contributed by atoms with E-state index in [-0.39, 0.29) is 30.8 Å². The van der Waals surface area contributed by atoms with E-state index in [2.05, 4.69) is 12.2 Å². The Morgan fingerprint density at radius 2 is 1.89 bits per heavy atom. The molecule has 1 atom stereocenters. The predicted molar refractivity (Wildman–Crippen MR) is 75.9 cm³/mol. The van der Waals surface area contributed by atoms with Crippen molar-refractivity contribution in [2.24, 2.45) is 5.92 Å². The lowest BCUT2D eigenvalue weighted by Gasteiger charge is -2.24. The van der Waals surface area contributed by atoms with E-state index in [0.717, 1.165) is 19.4 Å². The van der Waals surface area contributed by atoms with Crippen molar-refractivity contribution in [2.45, 2.75) is 46.6 Å². The van der Waals surface area contributed by atoms with Crippen molar-refractivity contribution in [2.75, 3.05) is 26.2 Å². The highest BCUT2D eigenvalue weighted by atomic mass is 16.3. The maximum Gasteiger partial charge on any atom is 0.234 e. The smallest absolute Gasteiger partial charge is 0.234 e. The Hall–Kier alpha value is -0.940. The third kappa shape index (κ3) is 7.95. The molecule has 0 spiro atoms. The number of ketones is 1. The molecule has 0 rings (SSSR count). The predicted octanol–water partition coefficient (Wildman–Crippen LogP) is 0.811. The summed E-state index contributed by atoms with van der Waals surface area (Å²) in [7, 11) is 0. The summed E-state index contributed by atoms with van der Waals surface area (Å²) < 4.78 is 0. The number of aliphatic hydroxyl groups is 1. The van der Waals surface area contributed by atoms with Gasteiger partial charge in [-0.3, -0.25) is 14.5 Å². The lowest BCUT2D eigenvalue weighted by atomic mass is 10.0. The molecular formula is C14H28N2O3. The Kier molecular flexibility index (Phi) is 9.43. The first kappa shape index (κ1) is 18.1. The van der Waals surface area contributed by atoms with Crippen molar-refractivity contribution in [3.63, 3.8) is 0 Å². The van der Waals surface area contributed by atoms with Crippen LogP contribution in [-0.2, 0) is 9.59 Å². The molecular weight excluding hydrogens is 244 g/mol. The summed E-state index contributed by atoms with van der Waals surface area (Å²) in [6.45, 7) is 8.95. The third-order valence-corrected chi connectivity index (χ3v) is 3.03. The Morgan fingerprint density at radius 1 is 1.26 bits per heavy atom. The monoisotopic (exact) mass is 272 g/mol. The highest BCUT2D eigenvalue weighted by molar-refractivity contribution is 5.88. The van der Waals surface area contributed by atoms with Crippen LogP contribution in [0, 0.1) is 5.92 Å². The van der Waals surface area contributed by atoms with Crippen LogP contribution in [0.5, 0.6) is 0 Å². The number of rotatable bonds is 10. The van der Waals surface area contributed by atoms with E-state index in [4.69, 9.17) is 5.11 Å². The molecule has 112 valence electrons. The molecule has 2 N–H and O–H groups in total. The number of hydrogen-bond acceptors (Lipinski definition) is 4. The summed E-state index contributed by atoms with van der Waals surface area (Å²) >= 11 is 0. The van der Waals surface area contributed by atoms with E-state index in [1.165, 1.54) is 6.92 Å². The van der Waals surface area contributed by atoms with Crippen LogP contribution >= 0.6 is 0 Å². The molecule has 5 heteroatoms. The first-order valence-corrected chi connectivity index (χ1v) is 7.05. The molecule has 0 saturated carbocycles. The van der Waals surface area contributed by atoms with Crippen molar-refractivity contribution < 1.29 is 14.7 Å². The number of Topliss-reactive ketones (excluding diaryl/α,β-unsaturated/α-hetero) is 1. The number of nitrogens with zero attached hydrogens (tertiary/aromatic N) is 1. The average Bonchev–Trinajstić information content (AvgIpc) is 2.32. The van der Waals surface area contributed by atoms with Crippen LogP contribution in [0.4, 0.5) is 0 Å². The second kappa shape index (κ2) is 9.92. The second-order valence-corrected chi connectivity index (χ2v) is 5.25. The molecule has 0 aliphatic rings. The van der Waals surface area contributed by atoms with Crippen LogP contribution in [0.15, 0.2) is 0 Å². The normalized spacial score (nSPS) is 12.8. The molecule has 1 amide bonds. The van der Waals surface area contributed by atoms with Crippen LogP contribution in [0.25, 0.3) is 0 Å². The van der Waals surface area contributed by atoms with Gasteiger partial charge in [-0.15, -0.1) is 0 Å². The van der Waals surface area contributed by atoms with Crippen molar-refractivity contribution in [3.05, 3.63) is 0 Å². The molecule has 19 heavy (non-hydrogen) atoms. The van der Waals surface area contributed by atoms with E-state index in [1.54, 1.807) is 0 Å². The second-order valence-electron chi connectivity index (χ2n) is 5.25. The Balaban J connectivity index is 4.34. The molecule has 0 aliphatic heterocycles. The minimum absolute atomic E-state index is 0.0226. The van der Waals surface area contributed by atoms with Gasteiger partial charge in [-0.05, 0) is 25.8 Å². The van der Waals surface area contributed by atoms with Gasteiger partial charge >= 0.3 is 0 Å². The van der Waals surface area contributed by atoms with E-state index in [1.807, 2.05) is 18.7 Å². The number of unbranched alkanes of at least 4 members (excludes halogenated alkanes) is 1. The summed E-state index contributed by atoms with van der Waals surface area (Å²) in [5.74, 6) is -0.0903. The minimum atomic E-state index is -0.422. The largest absolute Gasteiger partial charge is 0.395 e. The molecule has 1 unspecified atom stereocenters. The fourth-order valence-corrected chi connectivity index (χ4v) is 1.95. The minimum Gasteiger partial charge on any atom is -0.395 e. The van der Waals surface area contributed by atoms with E-state index < -0.39 is 6.04 Å². The van der Waals surface area contributed by atoms with Gasteiger partial charge in [0, 0.05) is 6.54 Å². The first-order chi connectivity index (χ1) is 8.92. The molecule has 0 aromatic heterocycles. The van der Waals surface area contributed by atoms with E-state index in [9.17, 15) is 9.59 Å². The number of carbonyl (C=O) groups excluding carboxylic acids is 2. The highest BCUT2D eigenvalue weighted by Gasteiger charge is 2.21. The zero-order chi connectivity index (χ0) is 14.8. The third-order valence-electron chi connectivity index (χ3n) is 3.03. The van der Waals surface area contributed by atoms with E-state index in [0.29, 0.717) is 6.54 Å². The topological polar surface area (TPSA) is 69.6 Å². The quantitative estimate of drug-likeness (QED) is 0.617. The zero-order valence-electron chi connectivity index (χ0n) is 12.6. The molecule has 0 aromatic carbocycles. The van der Waals surface area contributed by atoms with Gasteiger partial charge < -0.3 is 10.4 Å². The fraction of sp³-hybridized carbons (Fsp3) is 0.857. The molecule has 0 heterocycles.